The summed E-state index contributed by atoms with van der Waals surface area (Å²) in [5, 5.41) is 6.07. The predicted octanol–water partition coefficient (Wildman–Crippen LogP) is 0.493. The van der Waals surface area contributed by atoms with Gasteiger partial charge < -0.3 is 25.0 Å². The second-order valence-corrected chi connectivity index (χ2v) is 7.44. The molecule has 0 aliphatic carbocycles. The van der Waals surface area contributed by atoms with Crippen LogP contribution >= 0.6 is 0 Å². The van der Waals surface area contributed by atoms with Crippen LogP contribution in [0, 0.1) is 0 Å². The quantitative estimate of drug-likeness (QED) is 0.434. The SMILES string of the molecule is CN=C(NCCNC(=O)OC(C)(C)C)N1CCC(N2CCOCC2)C1. The Morgan fingerprint density at radius 1 is 1.20 bits per heavy atom. The molecule has 0 bridgehead atoms. The minimum absolute atomic E-state index is 0.391. The van der Waals surface area contributed by atoms with E-state index < -0.39 is 11.7 Å². The molecule has 0 aromatic carbocycles. The van der Waals surface area contributed by atoms with E-state index in [4.69, 9.17) is 9.47 Å². The van der Waals surface area contributed by atoms with E-state index in [1.54, 1.807) is 7.05 Å². The maximum absolute atomic E-state index is 11.6. The maximum atomic E-state index is 11.6. The fourth-order valence-corrected chi connectivity index (χ4v) is 3.16. The summed E-state index contributed by atoms with van der Waals surface area (Å²) >= 11 is 0. The average molecular weight is 355 g/mol. The molecule has 0 radical (unpaired) electrons. The van der Waals surface area contributed by atoms with Gasteiger partial charge in [-0.2, -0.15) is 0 Å². The van der Waals surface area contributed by atoms with Crippen molar-refractivity contribution in [3.8, 4) is 0 Å². The van der Waals surface area contributed by atoms with Crippen molar-refractivity contribution in [2.75, 3.05) is 59.5 Å². The van der Waals surface area contributed by atoms with Gasteiger partial charge in [0.1, 0.15) is 5.60 Å². The Hall–Kier alpha value is -1.54. The molecule has 2 aliphatic heterocycles. The third-order valence-corrected chi connectivity index (χ3v) is 4.31. The van der Waals surface area contributed by atoms with Crippen molar-refractivity contribution < 1.29 is 14.3 Å². The minimum Gasteiger partial charge on any atom is -0.444 e. The van der Waals surface area contributed by atoms with Crippen LogP contribution in [0.5, 0.6) is 0 Å². The Labute approximate surface area is 150 Å². The number of carbonyl (C=O) groups excluding carboxylic acids is 1. The molecular formula is C17H33N5O3. The molecule has 0 saturated carbocycles. The Morgan fingerprint density at radius 3 is 2.52 bits per heavy atom. The lowest BCUT2D eigenvalue weighted by Gasteiger charge is -2.32. The summed E-state index contributed by atoms with van der Waals surface area (Å²) in [4.78, 5) is 20.8. The number of alkyl carbamates (subject to hydrolysis) is 1. The molecule has 2 aliphatic rings. The molecule has 1 unspecified atom stereocenters. The number of hydrogen-bond acceptors (Lipinski definition) is 5. The fraction of sp³-hybridized carbons (Fsp3) is 0.882. The maximum Gasteiger partial charge on any atom is 0.407 e. The molecule has 0 aromatic heterocycles. The number of guanidine groups is 1. The number of morpholine rings is 1. The zero-order valence-corrected chi connectivity index (χ0v) is 16.0. The highest BCUT2D eigenvalue weighted by molar-refractivity contribution is 5.80. The molecule has 0 spiro atoms. The zero-order valence-electron chi connectivity index (χ0n) is 16.0. The number of carbonyl (C=O) groups is 1. The van der Waals surface area contributed by atoms with Gasteiger partial charge in [-0.3, -0.25) is 9.89 Å². The zero-order chi connectivity index (χ0) is 18.3. The number of nitrogens with zero attached hydrogens (tertiary/aromatic N) is 3. The van der Waals surface area contributed by atoms with Crippen molar-refractivity contribution in [1.82, 2.24) is 20.4 Å². The standard InChI is InChI=1S/C17H33N5O3/c1-17(2,3)25-16(23)20-7-6-19-15(18-4)22-8-5-14(13-22)21-9-11-24-12-10-21/h14H,5-13H2,1-4H3,(H,18,19)(H,20,23). The van der Waals surface area contributed by atoms with Crippen molar-refractivity contribution >= 4 is 12.1 Å². The minimum atomic E-state index is -0.475. The molecule has 25 heavy (non-hydrogen) atoms. The van der Waals surface area contributed by atoms with Crippen LogP contribution in [0.1, 0.15) is 27.2 Å². The van der Waals surface area contributed by atoms with Crippen molar-refractivity contribution in [2.45, 2.75) is 38.8 Å². The lowest BCUT2D eigenvalue weighted by Crippen LogP contribution is -2.47. The van der Waals surface area contributed by atoms with Crippen molar-refractivity contribution in [3.63, 3.8) is 0 Å². The van der Waals surface area contributed by atoms with E-state index in [0.717, 1.165) is 51.8 Å². The van der Waals surface area contributed by atoms with E-state index in [1.807, 2.05) is 20.8 Å². The van der Waals surface area contributed by atoms with Gasteiger partial charge in [-0.1, -0.05) is 0 Å². The van der Waals surface area contributed by atoms with Crippen LogP contribution < -0.4 is 10.6 Å². The molecule has 8 nitrogen and oxygen atoms in total. The number of aliphatic imine (C=N–C) groups is 1. The van der Waals surface area contributed by atoms with Gasteiger partial charge in [-0.05, 0) is 27.2 Å². The van der Waals surface area contributed by atoms with Crippen LogP contribution in [-0.4, -0.2) is 93.0 Å². The molecule has 1 atom stereocenters. The average Bonchev–Trinajstić information content (AvgIpc) is 3.04. The molecular weight excluding hydrogens is 322 g/mol. The van der Waals surface area contributed by atoms with Crippen LogP contribution in [0.15, 0.2) is 4.99 Å². The molecule has 2 heterocycles. The topological polar surface area (TPSA) is 78.4 Å². The van der Waals surface area contributed by atoms with E-state index in [9.17, 15) is 4.79 Å². The first kappa shape index (κ1) is 19.8. The lowest BCUT2D eigenvalue weighted by atomic mass is 10.2. The first-order chi connectivity index (χ1) is 11.9. The molecule has 0 aromatic rings. The van der Waals surface area contributed by atoms with Crippen LogP contribution in [0.4, 0.5) is 4.79 Å². The van der Waals surface area contributed by atoms with Crippen LogP contribution in [0.3, 0.4) is 0 Å². The van der Waals surface area contributed by atoms with Crippen molar-refractivity contribution in [3.05, 3.63) is 0 Å². The normalized spacial score (nSPS) is 22.8. The molecule has 144 valence electrons. The van der Waals surface area contributed by atoms with E-state index in [2.05, 4.69) is 25.4 Å². The van der Waals surface area contributed by atoms with Gasteiger partial charge in [-0.25, -0.2) is 4.79 Å². The fourth-order valence-electron chi connectivity index (χ4n) is 3.16. The third-order valence-electron chi connectivity index (χ3n) is 4.31. The third kappa shape index (κ3) is 6.70. The molecule has 2 fully saturated rings. The van der Waals surface area contributed by atoms with Gasteiger partial charge >= 0.3 is 6.09 Å². The predicted molar refractivity (Wildman–Crippen MR) is 98.0 cm³/mol. The van der Waals surface area contributed by atoms with Gasteiger partial charge in [0.2, 0.25) is 0 Å². The summed E-state index contributed by atoms with van der Waals surface area (Å²) in [5.74, 6) is 0.891. The van der Waals surface area contributed by atoms with E-state index >= 15 is 0 Å². The summed E-state index contributed by atoms with van der Waals surface area (Å²) < 4.78 is 10.7. The van der Waals surface area contributed by atoms with Gasteiger partial charge in [0.25, 0.3) is 0 Å². The summed E-state index contributed by atoms with van der Waals surface area (Å²) in [7, 11) is 1.80. The highest BCUT2D eigenvalue weighted by Gasteiger charge is 2.30. The number of rotatable bonds is 4. The van der Waals surface area contributed by atoms with Gasteiger partial charge in [0, 0.05) is 52.4 Å². The smallest absolute Gasteiger partial charge is 0.407 e. The van der Waals surface area contributed by atoms with Crippen LogP contribution in [0.2, 0.25) is 0 Å². The highest BCUT2D eigenvalue weighted by atomic mass is 16.6. The van der Waals surface area contributed by atoms with Gasteiger partial charge in [-0.15, -0.1) is 0 Å². The monoisotopic (exact) mass is 355 g/mol. The second-order valence-electron chi connectivity index (χ2n) is 7.44. The number of likely N-dealkylation sites (tertiary alicyclic amines) is 1. The molecule has 2 N–H and O–H groups in total. The number of amides is 1. The lowest BCUT2D eigenvalue weighted by molar-refractivity contribution is 0.0195. The van der Waals surface area contributed by atoms with Crippen molar-refractivity contribution in [2.24, 2.45) is 4.99 Å². The summed E-state index contributed by atoms with van der Waals surface area (Å²) in [6, 6.07) is 0.572. The first-order valence-corrected chi connectivity index (χ1v) is 9.13. The number of nitrogens with one attached hydrogen (secondary N) is 2. The van der Waals surface area contributed by atoms with E-state index in [1.165, 1.54) is 0 Å². The Bertz CT molecular complexity index is 458. The Morgan fingerprint density at radius 2 is 1.88 bits per heavy atom. The highest BCUT2D eigenvalue weighted by Crippen LogP contribution is 2.16. The van der Waals surface area contributed by atoms with Gasteiger partial charge in [0.15, 0.2) is 5.96 Å². The number of hydrogen-bond donors (Lipinski definition) is 2. The van der Waals surface area contributed by atoms with Crippen molar-refractivity contribution in [1.29, 1.82) is 0 Å². The van der Waals surface area contributed by atoms with E-state index in [0.29, 0.717) is 19.1 Å². The summed E-state index contributed by atoms with van der Waals surface area (Å²) in [6.45, 7) is 12.4. The number of ether oxygens (including phenoxy) is 2. The molecule has 2 rings (SSSR count). The Balaban J connectivity index is 1.68. The molecule has 2 saturated heterocycles. The summed E-state index contributed by atoms with van der Waals surface area (Å²) in [5.41, 5.74) is -0.475. The summed E-state index contributed by atoms with van der Waals surface area (Å²) in [6.07, 6.45) is 0.759. The van der Waals surface area contributed by atoms with Crippen LogP contribution in [-0.2, 0) is 9.47 Å². The second kappa shape index (κ2) is 9.24. The largest absolute Gasteiger partial charge is 0.444 e. The first-order valence-electron chi connectivity index (χ1n) is 9.13. The molecule has 8 heteroatoms. The van der Waals surface area contributed by atoms with E-state index in [-0.39, 0.29) is 0 Å². The van der Waals surface area contributed by atoms with Gasteiger partial charge in [0.05, 0.1) is 13.2 Å². The molecule has 1 amide bonds. The van der Waals surface area contributed by atoms with Crippen LogP contribution in [0.25, 0.3) is 0 Å². The Kier molecular flexibility index (Phi) is 7.31.